The zero-order valence-corrected chi connectivity index (χ0v) is 25.7. The lowest BCUT2D eigenvalue weighted by Gasteiger charge is -2.10. The maximum absolute atomic E-state index is 9.88. The Bertz CT molecular complexity index is 2760. The summed E-state index contributed by atoms with van der Waals surface area (Å²) in [5.41, 5.74) is 0.578. The van der Waals surface area contributed by atoms with E-state index >= 15 is 0 Å². The molecule has 0 bridgehead atoms. The van der Waals surface area contributed by atoms with E-state index in [0.717, 1.165) is 20.2 Å². The summed E-state index contributed by atoms with van der Waals surface area (Å²) < 4.78 is 4.86. The maximum atomic E-state index is 9.88. The first-order valence-electron chi connectivity index (χ1n) is 15.0. The monoisotopic (exact) mass is 612 g/mol. The second kappa shape index (κ2) is 10.4. The molecule has 0 saturated heterocycles. The van der Waals surface area contributed by atoms with Gasteiger partial charge < -0.3 is 10.0 Å². The molecule has 0 unspecified atom stereocenters. The third-order valence-electron chi connectivity index (χ3n) is 8.91. The Morgan fingerprint density at radius 3 is 1.53 bits per heavy atom. The average Bonchev–Trinajstić information content (AvgIpc) is 3.67. The Morgan fingerprint density at radius 1 is 0.378 bits per heavy atom. The lowest BCUT2D eigenvalue weighted by atomic mass is 9.78. The highest BCUT2D eigenvalue weighted by molar-refractivity contribution is 7.27. The van der Waals surface area contributed by atoms with Crippen LogP contribution in [0, 0.1) is 0 Å². The predicted octanol–water partition coefficient (Wildman–Crippen LogP) is 10.4. The molecule has 45 heavy (non-hydrogen) atoms. The van der Waals surface area contributed by atoms with E-state index < -0.39 is 7.12 Å². The minimum Gasteiger partial charge on any atom is -0.423 e. The number of hydrogen-bond donors (Lipinski definition) is 2. The van der Waals surface area contributed by atoms with Crippen molar-refractivity contribution < 1.29 is 10.0 Å². The number of hydrogen-bond acceptors (Lipinski definition) is 4. The summed E-state index contributed by atoms with van der Waals surface area (Å²) in [5, 5.41) is 34.8. The second-order valence-electron chi connectivity index (χ2n) is 11.4. The Balaban J connectivity index is 0.000000126. The third-order valence-corrected chi connectivity index (χ3v) is 11.3. The molecule has 2 N–H and O–H groups in total. The highest BCUT2D eigenvalue weighted by Crippen LogP contribution is 2.42. The van der Waals surface area contributed by atoms with Gasteiger partial charge in [-0.2, -0.15) is 0 Å². The normalized spacial score (nSPS) is 11.8. The molecule has 10 aromatic rings. The van der Waals surface area contributed by atoms with Gasteiger partial charge in [-0.15, -0.1) is 22.7 Å². The maximum Gasteiger partial charge on any atom is 0.489 e. The van der Waals surface area contributed by atoms with E-state index in [0.29, 0.717) is 5.46 Å². The van der Waals surface area contributed by atoms with Gasteiger partial charge in [0.1, 0.15) is 0 Å². The van der Waals surface area contributed by atoms with E-state index in [4.69, 9.17) is 0 Å². The SMILES string of the molecule is OB(O)c1cc2ccc3ccccc3c2c2c1sc1ccccc12.c1ccc2c(c1)ccc1ccc3sc4ccccc4c3c12. The summed E-state index contributed by atoms with van der Waals surface area (Å²) in [7, 11) is -1.48. The van der Waals surface area contributed by atoms with Gasteiger partial charge in [-0.3, -0.25) is 0 Å². The first-order valence-corrected chi connectivity index (χ1v) is 16.6. The smallest absolute Gasteiger partial charge is 0.423 e. The zero-order valence-electron chi connectivity index (χ0n) is 24.1. The van der Waals surface area contributed by atoms with Crippen molar-refractivity contribution in [2.45, 2.75) is 0 Å². The Hall–Kier alpha value is -4.78. The van der Waals surface area contributed by atoms with Gasteiger partial charge in [-0.05, 0) is 61.3 Å². The molecule has 2 aromatic heterocycles. The fraction of sp³-hybridized carbons (Fsp3) is 0. The highest BCUT2D eigenvalue weighted by atomic mass is 32.1. The van der Waals surface area contributed by atoms with Gasteiger partial charge in [0.2, 0.25) is 0 Å². The molecule has 0 fully saturated rings. The van der Waals surface area contributed by atoms with E-state index in [2.05, 4.69) is 115 Å². The van der Waals surface area contributed by atoms with Crippen LogP contribution in [0.5, 0.6) is 0 Å². The van der Waals surface area contributed by atoms with Crippen molar-refractivity contribution in [3.05, 3.63) is 140 Å². The van der Waals surface area contributed by atoms with Crippen LogP contribution < -0.4 is 5.46 Å². The van der Waals surface area contributed by atoms with E-state index in [1.165, 1.54) is 63.3 Å². The Morgan fingerprint density at radius 2 is 0.867 bits per heavy atom. The zero-order chi connectivity index (χ0) is 30.1. The van der Waals surface area contributed by atoms with Crippen LogP contribution in [-0.2, 0) is 0 Å². The molecule has 10 rings (SSSR count). The van der Waals surface area contributed by atoms with E-state index in [1.54, 1.807) is 11.3 Å². The molecule has 8 aromatic carbocycles. The molecule has 2 heterocycles. The summed E-state index contributed by atoms with van der Waals surface area (Å²) in [6, 6.07) is 49.0. The van der Waals surface area contributed by atoms with Crippen molar-refractivity contribution >= 4 is 119 Å². The lowest BCUT2D eigenvalue weighted by molar-refractivity contribution is 0.426. The molecule has 5 heteroatoms. The van der Waals surface area contributed by atoms with Crippen molar-refractivity contribution in [2.75, 3.05) is 0 Å². The lowest BCUT2D eigenvalue weighted by Crippen LogP contribution is -2.30. The molecule has 0 aliphatic heterocycles. The fourth-order valence-electron chi connectivity index (χ4n) is 6.92. The van der Waals surface area contributed by atoms with Gasteiger partial charge in [0.25, 0.3) is 0 Å². The summed E-state index contributed by atoms with van der Waals surface area (Å²) in [6.07, 6.45) is 0. The fourth-order valence-corrected chi connectivity index (χ4v) is 9.28. The predicted molar refractivity (Wildman–Crippen MR) is 199 cm³/mol. The molecule has 0 aliphatic carbocycles. The molecule has 0 atom stereocenters. The molecule has 0 spiro atoms. The molecule has 0 radical (unpaired) electrons. The van der Waals surface area contributed by atoms with E-state index in [9.17, 15) is 10.0 Å². The second-order valence-corrected chi connectivity index (χ2v) is 13.6. The van der Waals surface area contributed by atoms with Gasteiger partial charge >= 0.3 is 7.12 Å². The van der Waals surface area contributed by atoms with E-state index in [1.807, 2.05) is 35.6 Å². The summed E-state index contributed by atoms with van der Waals surface area (Å²) in [4.78, 5) is 0. The topological polar surface area (TPSA) is 40.5 Å². The molecule has 0 amide bonds. The van der Waals surface area contributed by atoms with Crippen LogP contribution in [0.1, 0.15) is 0 Å². The van der Waals surface area contributed by atoms with Crippen molar-refractivity contribution in [1.29, 1.82) is 0 Å². The van der Waals surface area contributed by atoms with Crippen LogP contribution in [-0.4, -0.2) is 17.2 Å². The summed E-state index contributed by atoms with van der Waals surface area (Å²) in [5.74, 6) is 0. The molecule has 0 saturated carbocycles. The van der Waals surface area contributed by atoms with Crippen molar-refractivity contribution in [1.82, 2.24) is 0 Å². The number of fused-ring (bicyclic) bond motifs is 14. The van der Waals surface area contributed by atoms with Crippen LogP contribution >= 0.6 is 22.7 Å². The third kappa shape index (κ3) is 4.17. The summed E-state index contributed by atoms with van der Waals surface area (Å²) >= 11 is 3.51. The first kappa shape index (κ1) is 26.6. The van der Waals surface area contributed by atoms with Crippen LogP contribution in [0.25, 0.3) is 83.4 Å². The Kier molecular flexibility index (Phi) is 6.15. The Labute approximate surface area is 267 Å². The van der Waals surface area contributed by atoms with Gasteiger partial charge in [-0.1, -0.05) is 121 Å². The molecular weight excluding hydrogens is 587 g/mol. The number of benzene rings is 8. The molecular formula is C40H25BO2S2. The first-order chi connectivity index (χ1) is 22.2. The minimum atomic E-state index is -1.48. The van der Waals surface area contributed by atoms with Gasteiger partial charge in [0.05, 0.1) is 0 Å². The largest absolute Gasteiger partial charge is 0.489 e. The highest BCUT2D eigenvalue weighted by Gasteiger charge is 2.21. The van der Waals surface area contributed by atoms with E-state index in [-0.39, 0.29) is 0 Å². The number of rotatable bonds is 1. The van der Waals surface area contributed by atoms with Crippen molar-refractivity contribution in [3.8, 4) is 0 Å². The van der Waals surface area contributed by atoms with Crippen LogP contribution in [0.3, 0.4) is 0 Å². The van der Waals surface area contributed by atoms with Crippen molar-refractivity contribution in [3.63, 3.8) is 0 Å². The molecule has 0 aliphatic rings. The minimum absolute atomic E-state index is 0.578. The molecule has 212 valence electrons. The number of thiophene rings is 2. The van der Waals surface area contributed by atoms with Crippen LogP contribution in [0.15, 0.2) is 140 Å². The van der Waals surface area contributed by atoms with Crippen LogP contribution in [0.4, 0.5) is 0 Å². The molecule has 2 nitrogen and oxygen atoms in total. The average molecular weight is 613 g/mol. The summed E-state index contributed by atoms with van der Waals surface area (Å²) in [6.45, 7) is 0. The van der Waals surface area contributed by atoms with Crippen molar-refractivity contribution in [2.24, 2.45) is 0 Å². The van der Waals surface area contributed by atoms with Crippen LogP contribution in [0.2, 0.25) is 0 Å². The van der Waals surface area contributed by atoms with Gasteiger partial charge in [0.15, 0.2) is 0 Å². The standard InChI is InChI=1S/C20H13BO2S.C20H12S/c22-21(23)16-11-13-10-9-12-5-1-2-6-14(12)18(13)19-15-7-3-4-8-17(15)24-20(16)19;1-2-6-15-13(5-1)9-10-14-11-12-18-20(19(14)15)16-7-3-4-8-17(16)21-18/h1-11,22-23H;1-12H. The van der Waals surface area contributed by atoms with Gasteiger partial charge in [-0.25, -0.2) is 0 Å². The van der Waals surface area contributed by atoms with Gasteiger partial charge in [0, 0.05) is 45.8 Å². The quantitative estimate of drug-likeness (QED) is 0.143.